The van der Waals surface area contributed by atoms with E-state index in [1.165, 1.54) is 0 Å². The third kappa shape index (κ3) is 2.58. The number of carbonyl (C=O) groups excluding carboxylic acids is 1. The molecule has 6 atom stereocenters. The molecule has 0 spiro atoms. The summed E-state index contributed by atoms with van der Waals surface area (Å²) in [5, 5.41) is 14.6. The molecule has 4 aliphatic rings. The van der Waals surface area contributed by atoms with Crippen molar-refractivity contribution in [1.29, 1.82) is 0 Å². The highest BCUT2D eigenvalue weighted by atomic mass is 35.5. The van der Waals surface area contributed by atoms with Crippen molar-refractivity contribution in [3.8, 4) is 0 Å². The van der Waals surface area contributed by atoms with Gasteiger partial charge in [0, 0.05) is 17.7 Å². The summed E-state index contributed by atoms with van der Waals surface area (Å²) in [6.07, 6.45) is 4.61. The van der Waals surface area contributed by atoms with Gasteiger partial charge in [-0.05, 0) is 49.5 Å². The molecule has 4 bridgehead atoms. The van der Waals surface area contributed by atoms with Crippen LogP contribution in [0, 0.1) is 17.8 Å². The van der Waals surface area contributed by atoms with Gasteiger partial charge in [-0.2, -0.15) is 0 Å². The summed E-state index contributed by atoms with van der Waals surface area (Å²) in [5.74, 6) is 0.930. The Balaban J connectivity index is 1.73. The number of rotatable bonds is 3. The zero-order valence-electron chi connectivity index (χ0n) is 13.5. The minimum atomic E-state index is -0.755. The van der Waals surface area contributed by atoms with Gasteiger partial charge in [-0.1, -0.05) is 30.3 Å². The molecule has 2 N–H and O–H groups in total. The van der Waals surface area contributed by atoms with Crippen LogP contribution in [0.25, 0.3) is 0 Å². The first-order valence-corrected chi connectivity index (χ1v) is 9.00. The summed E-state index contributed by atoms with van der Waals surface area (Å²) < 4.78 is 0. The number of nitrogens with one attached hydrogen (secondary N) is 1. The summed E-state index contributed by atoms with van der Waals surface area (Å²) in [5.41, 5.74) is 0.326. The summed E-state index contributed by atoms with van der Waals surface area (Å²) in [4.78, 5) is 11.6. The molecule has 0 aliphatic heterocycles. The number of alkyl halides is 1. The number of halogens is 1. The second-order valence-electron chi connectivity index (χ2n) is 8.02. The quantitative estimate of drug-likeness (QED) is 0.833. The Labute approximate surface area is 142 Å². The molecular formula is C19H24ClNO2. The van der Waals surface area contributed by atoms with Gasteiger partial charge in [0.15, 0.2) is 0 Å². The van der Waals surface area contributed by atoms with E-state index in [-0.39, 0.29) is 22.7 Å². The molecule has 0 heterocycles. The van der Waals surface area contributed by atoms with E-state index in [9.17, 15) is 9.90 Å². The highest BCUT2D eigenvalue weighted by Crippen LogP contribution is 2.64. The summed E-state index contributed by atoms with van der Waals surface area (Å²) in [6.45, 7) is 1.55. The van der Waals surface area contributed by atoms with Crippen molar-refractivity contribution in [3.05, 3.63) is 35.9 Å². The molecule has 0 unspecified atom stereocenters. The lowest BCUT2D eigenvalue weighted by Gasteiger charge is -2.63. The lowest BCUT2D eigenvalue weighted by Crippen LogP contribution is -2.64. The second kappa shape index (κ2) is 5.22. The van der Waals surface area contributed by atoms with E-state index in [1.807, 2.05) is 30.3 Å². The average molecular weight is 334 g/mol. The summed E-state index contributed by atoms with van der Waals surface area (Å²) in [7, 11) is 0. The van der Waals surface area contributed by atoms with Crippen molar-refractivity contribution in [1.82, 2.24) is 5.32 Å². The molecule has 4 fully saturated rings. The Morgan fingerprint density at radius 1 is 1.30 bits per heavy atom. The SMILES string of the molecule is CC(=O)N[C@@H](c1ccccc1)[C@H]1[C@H]2C[C@@H]3C[C@](Cl)(C2)C[C@@]1(O)C3. The molecule has 4 aliphatic carbocycles. The molecule has 0 saturated heterocycles. The molecule has 5 rings (SSSR count). The minimum absolute atomic E-state index is 0.0446. The Bertz CT molecular complexity index is 621. The zero-order valence-corrected chi connectivity index (χ0v) is 14.2. The number of benzene rings is 1. The fraction of sp³-hybridized carbons (Fsp3) is 0.632. The predicted molar refractivity (Wildman–Crippen MR) is 90.1 cm³/mol. The first-order valence-electron chi connectivity index (χ1n) is 8.62. The first kappa shape index (κ1) is 15.5. The van der Waals surface area contributed by atoms with Crippen LogP contribution in [0.15, 0.2) is 30.3 Å². The third-order valence-corrected chi connectivity index (χ3v) is 6.63. The standard InChI is InChI=1S/C19H24ClNO2/c1-12(22)21-17(14-5-3-2-4-6-14)16-15-7-13-8-18(20,10-15)11-19(16,23)9-13/h2-6,13,15-17,23H,7-11H2,1H3,(H,21,22)/t13-,15+,16-,17+,18+,19+/m1/s1. The van der Waals surface area contributed by atoms with Gasteiger partial charge in [-0.25, -0.2) is 0 Å². The third-order valence-electron chi connectivity index (χ3n) is 6.19. The van der Waals surface area contributed by atoms with Crippen LogP contribution in [0.2, 0.25) is 0 Å². The topological polar surface area (TPSA) is 49.3 Å². The van der Waals surface area contributed by atoms with Gasteiger partial charge in [0.25, 0.3) is 0 Å². The molecule has 4 saturated carbocycles. The Morgan fingerprint density at radius 3 is 2.65 bits per heavy atom. The van der Waals surface area contributed by atoms with Crippen molar-refractivity contribution < 1.29 is 9.90 Å². The Morgan fingerprint density at radius 2 is 2.04 bits per heavy atom. The van der Waals surface area contributed by atoms with Gasteiger partial charge in [0.05, 0.1) is 11.6 Å². The average Bonchev–Trinajstić information content (AvgIpc) is 2.43. The fourth-order valence-corrected chi connectivity index (χ4v) is 6.54. The molecule has 3 nitrogen and oxygen atoms in total. The summed E-state index contributed by atoms with van der Waals surface area (Å²) >= 11 is 6.79. The second-order valence-corrected chi connectivity index (χ2v) is 8.82. The van der Waals surface area contributed by atoms with Gasteiger partial charge < -0.3 is 10.4 Å². The van der Waals surface area contributed by atoms with Crippen LogP contribution in [0.3, 0.4) is 0 Å². The van der Waals surface area contributed by atoms with Crippen LogP contribution in [-0.4, -0.2) is 21.5 Å². The van der Waals surface area contributed by atoms with Gasteiger partial charge in [-0.15, -0.1) is 11.6 Å². The molecule has 1 aromatic rings. The lowest BCUT2D eigenvalue weighted by atomic mass is 9.47. The highest BCUT2D eigenvalue weighted by molar-refractivity contribution is 6.24. The Kier molecular flexibility index (Phi) is 3.51. The van der Waals surface area contributed by atoms with Gasteiger partial charge in [0.1, 0.15) is 0 Å². The van der Waals surface area contributed by atoms with Crippen molar-refractivity contribution in [2.24, 2.45) is 17.8 Å². The fourth-order valence-electron chi connectivity index (χ4n) is 5.89. The van der Waals surface area contributed by atoms with Crippen molar-refractivity contribution >= 4 is 17.5 Å². The van der Waals surface area contributed by atoms with Crippen LogP contribution >= 0.6 is 11.6 Å². The maximum atomic E-state index is 11.8. The van der Waals surface area contributed by atoms with E-state index in [4.69, 9.17) is 11.6 Å². The summed E-state index contributed by atoms with van der Waals surface area (Å²) in [6, 6.07) is 9.93. The maximum Gasteiger partial charge on any atom is 0.217 e. The van der Waals surface area contributed by atoms with E-state index in [0.717, 1.165) is 31.2 Å². The van der Waals surface area contributed by atoms with E-state index in [1.54, 1.807) is 6.92 Å². The highest BCUT2D eigenvalue weighted by Gasteiger charge is 2.63. The van der Waals surface area contributed by atoms with Gasteiger partial charge >= 0.3 is 0 Å². The smallest absolute Gasteiger partial charge is 0.217 e. The van der Waals surface area contributed by atoms with Crippen molar-refractivity contribution in [3.63, 3.8) is 0 Å². The number of aliphatic hydroxyl groups is 1. The maximum absolute atomic E-state index is 11.8. The number of hydrogen-bond acceptors (Lipinski definition) is 2. The van der Waals surface area contributed by atoms with Crippen molar-refractivity contribution in [2.45, 2.75) is 55.5 Å². The van der Waals surface area contributed by atoms with Gasteiger partial charge in [0.2, 0.25) is 5.91 Å². The van der Waals surface area contributed by atoms with Gasteiger partial charge in [-0.3, -0.25) is 4.79 Å². The first-order chi connectivity index (χ1) is 10.9. The minimum Gasteiger partial charge on any atom is -0.389 e. The molecular weight excluding hydrogens is 310 g/mol. The number of carbonyl (C=O) groups is 1. The molecule has 1 aromatic carbocycles. The molecule has 4 heteroatoms. The van der Waals surface area contributed by atoms with Crippen LogP contribution < -0.4 is 5.32 Å². The van der Waals surface area contributed by atoms with Crippen LogP contribution in [0.4, 0.5) is 0 Å². The van der Waals surface area contributed by atoms with E-state index < -0.39 is 5.60 Å². The number of amides is 1. The zero-order chi connectivity index (χ0) is 16.2. The molecule has 1 amide bonds. The molecule has 0 aromatic heterocycles. The normalized spacial score (nSPS) is 42.5. The van der Waals surface area contributed by atoms with E-state index in [0.29, 0.717) is 18.3 Å². The predicted octanol–water partition coefficient (Wildman–Crippen LogP) is 3.41. The molecule has 23 heavy (non-hydrogen) atoms. The molecule has 0 radical (unpaired) electrons. The van der Waals surface area contributed by atoms with Crippen LogP contribution in [0.5, 0.6) is 0 Å². The monoisotopic (exact) mass is 333 g/mol. The van der Waals surface area contributed by atoms with E-state index in [2.05, 4.69) is 5.32 Å². The lowest BCUT2D eigenvalue weighted by molar-refractivity contribution is -0.174. The molecule has 124 valence electrons. The van der Waals surface area contributed by atoms with E-state index >= 15 is 0 Å². The Hall–Kier alpha value is -1.06. The van der Waals surface area contributed by atoms with Crippen LogP contribution in [0.1, 0.15) is 50.6 Å². The van der Waals surface area contributed by atoms with Crippen LogP contribution in [-0.2, 0) is 4.79 Å². The van der Waals surface area contributed by atoms with Crippen molar-refractivity contribution in [2.75, 3.05) is 0 Å². The largest absolute Gasteiger partial charge is 0.389 e. The number of hydrogen-bond donors (Lipinski definition) is 2.